The van der Waals surface area contributed by atoms with Gasteiger partial charge in [0.1, 0.15) is 0 Å². The van der Waals surface area contributed by atoms with Gasteiger partial charge in [0.15, 0.2) is 0 Å². The average molecular weight is 282 g/mol. The fraction of sp³-hybridized carbons (Fsp3) is 0.938. The van der Waals surface area contributed by atoms with Crippen molar-refractivity contribution in [3.05, 3.63) is 0 Å². The Morgan fingerprint density at radius 3 is 2.65 bits per heavy atom. The first kappa shape index (κ1) is 15.8. The smallest absolute Gasteiger partial charge is 0.223 e. The summed E-state index contributed by atoms with van der Waals surface area (Å²) >= 11 is 0. The number of piperidine rings is 1. The van der Waals surface area contributed by atoms with Crippen molar-refractivity contribution in [2.24, 2.45) is 17.1 Å². The predicted molar refractivity (Wildman–Crippen MR) is 80.3 cm³/mol. The first-order valence-electron chi connectivity index (χ1n) is 8.11. The second-order valence-corrected chi connectivity index (χ2v) is 6.82. The van der Waals surface area contributed by atoms with Gasteiger partial charge in [0, 0.05) is 26.6 Å². The highest BCUT2D eigenvalue weighted by Crippen LogP contribution is 2.39. The minimum Gasteiger partial charge on any atom is -0.379 e. The van der Waals surface area contributed by atoms with E-state index in [2.05, 4.69) is 6.92 Å². The topological polar surface area (TPSA) is 55.6 Å². The van der Waals surface area contributed by atoms with Gasteiger partial charge in [0.05, 0.1) is 6.10 Å². The van der Waals surface area contributed by atoms with Crippen LogP contribution in [0.3, 0.4) is 0 Å². The van der Waals surface area contributed by atoms with E-state index >= 15 is 0 Å². The summed E-state index contributed by atoms with van der Waals surface area (Å²) in [6, 6.07) is 0. The third kappa shape index (κ3) is 3.53. The van der Waals surface area contributed by atoms with Crippen LogP contribution >= 0.6 is 0 Å². The number of hydrogen-bond acceptors (Lipinski definition) is 3. The van der Waals surface area contributed by atoms with Gasteiger partial charge >= 0.3 is 0 Å². The Balaban J connectivity index is 1.93. The van der Waals surface area contributed by atoms with Crippen LogP contribution in [-0.4, -0.2) is 43.7 Å². The number of rotatable bonds is 4. The van der Waals surface area contributed by atoms with Crippen molar-refractivity contribution >= 4 is 5.91 Å². The summed E-state index contributed by atoms with van der Waals surface area (Å²) in [6.07, 6.45) is 7.84. The Morgan fingerprint density at radius 2 is 2.05 bits per heavy atom. The monoisotopic (exact) mass is 282 g/mol. The van der Waals surface area contributed by atoms with Crippen LogP contribution < -0.4 is 5.73 Å². The maximum absolute atomic E-state index is 12.6. The third-order valence-corrected chi connectivity index (χ3v) is 5.42. The number of ether oxygens (including phenoxy) is 1. The minimum atomic E-state index is 0.0704. The van der Waals surface area contributed by atoms with Crippen LogP contribution in [0, 0.1) is 11.3 Å². The molecule has 2 atom stereocenters. The van der Waals surface area contributed by atoms with E-state index in [4.69, 9.17) is 10.5 Å². The van der Waals surface area contributed by atoms with E-state index in [1.54, 1.807) is 7.11 Å². The van der Waals surface area contributed by atoms with Crippen molar-refractivity contribution in [2.45, 2.75) is 58.0 Å². The minimum absolute atomic E-state index is 0.0704. The van der Waals surface area contributed by atoms with E-state index in [0.717, 1.165) is 32.4 Å². The van der Waals surface area contributed by atoms with Crippen LogP contribution in [0.15, 0.2) is 0 Å². The Kier molecular flexibility index (Phi) is 5.44. The molecule has 0 aromatic heterocycles. The van der Waals surface area contributed by atoms with Gasteiger partial charge in [-0.2, -0.15) is 0 Å². The maximum atomic E-state index is 12.6. The van der Waals surface area contributed by atoms with E-state index in [1.165, 1.54) is 19.3 Å². The summed E-state index contributed by atoms with van der Waals surface area (Å²) in [5.41, 5.74) is 6.07. The number of methoxy groups -OCH3 is 1. The van der Waals surface area contributed by atoms with Crippen molar-refractivity contribution < 1.29 is 9.53 Å². The first-order chi connectivity index (χ1) is 9.60. The number of nitrogens with zero attached hydrogens (tertiary/aromatic N) is 1. The second kappa shape index (κ2) is 6.90. The number of carbonyl (C=O) groups excluding carboxylic acids is 1. The molecule has 0 spiro atoms. The Hall–Kier alpha value is -0.610. The zero-order chi connectivity index (χ0) is 14.6. The Labute approximate surface area is 123 Å². The molecule has 2 aliphatic rings. The van der Waals surface area contributed by atoms with Crippen LogP contribution in [-0.2, 0) is 9.53 Å². The lowest BCUT2D eigenvalue weighted by Gasteiger charge is -2.40. The summed E-state index contributed by atoms with van der Waals surface area (Å²) < 4.78 is 5.51. The van der Waals surface area contributed by atoms with Gasteiger partial charge < -0.3 is 15.4 Å². The van der Waals surface area contributed by atoms with Gasteiger partial charge in [-0.15, -0.1) is 0 Å². The molecule has 2 fully saturated rings. The first-order valence-corrected chi connectivity index (χ1v) is 8.11. The van der Waals surface area contributed by atoms with Crippen LogP contribution in [0.4, 0.5) is 0 Å². The summed E-state index contributed by atoms with van der Waals surface area (Å²) in [5.74, 6) is 0.827. The molecule has 116 valence electrons. The summed E-state index contributed by atoms with van der Waals surface area (Å²) in [4.78, 5) is 14.6. The fourth-order valence-electron chi connectivity index (χ4n) is 3.75. The zero-order valence-corrected chi connectivity index (χ0v) is 13.1. The van der Waals surface area contributed by atoms with Crippen LogP contribution in [0.25, 0.3) is 0 Å². The van der Waals surface area contributed by atoms with E-state index in [1.807, 2.05) is 4.90 Å². The van der Waals surface area contributed by atoms with Crippen molar-refractivity contribution in [1.29, 1.82) is 0 Å². The highest BCUT2D eigenvalue weighted by atomic mass is 16.5. The standard InChI is InChI=1S/C16H30N2O2/c1-13-6-9-18(11-14(13)20-2)15(19)10-16(12-17)7-4-3-5-8-16/h13-14H,3-12,17H2,1-2H3. The maximum Gasteiger partial charge on any atom is 0.223 e. The van der Waals surface area contributed by atoms with Gasteiger partial charge in [0.25, 0.3) is 0 Å². The highest BCUT2D eigenvalue weighted by molar-refractivity contribution is 5.77. The van der Waals surface area contributed by atoms with E-state index in [-0.39, 0.29) is 17.4 Å². The van der Waals surface area contributed by atoms with Crippen molar-refractivity contribution in [1.82, 2.24) is 4.90 Å². The molecule has 1 saturated heterocycles. The van der Waals surface area contributed by atoms with Gasteiger partial charge in [-0.05, 0) is 37.1 Å². The summed E-state index contributed by atoms with van der Waals surface area (Å²) in [6.45, 7) is 4.48. The van der Waals surface area contributed by atoms with Crippen LogP contribution in [0.5, 0.6) is 0 Å². The number of nitrogens with two attached hydrogens (primary N) is 1. The molecule has 2 rings (SSSR count). The highest BCUT2D eigenvalue weighted by Gasteiger charge is 2.36. The van der Waals surface area contributed by atoms with E-state index < -0.39 is 0 Å². The number of hydrogen-bond donors (Lipinski definition) is 1. The summed E-state index contributed by atoms with van der Waals surface area (Å²) in [5, 5.41) is 0. The van der Waals surface area contributed by atoms with Gasteiger partial charge in [0.2, 0.25) is 5.91 Å². The molecule has 2 N–H and O–H groups in total. The lowest BCUT2D eigenvalue weighted by molar-refractivity contribution is -0.139. The number of likely N-dealkylation sites (tertiary alicyclic amines) is 1. The largest absolute Gasteiger partial charge is 0.379 e. The van der Waals surface area contributed by atoms with Crippen molar-refractivity contribution in [3.63, 3.8) is 0 Å². The molecule has 2 unspecified atom stereocenters. The molecule has 1 aliphatic carbocycles. The Morgan fingerprint density at radius 1 is 1.35 bits per heavy atom. The molecule has 0 bridgehead atoms. The molecular formula is C16H30N2O2. The third-order valence-electron chi connectivity index (χ3n) is 5.42. The van der Waals surface area contributed by atoms with Crippen LogP contribution in [0.1, 0.15) is 51.9 Å². The molecule has 0 radical (unpaired) electrons. The molecule has 1 heterocycles. The predicted octanol–water partition coefficient (Wildman–Crippen LogP) is 2.17. The summed E-state index contributed by atoms with van der Waals surface area (Å²) in [7, 11) is 1.75. The lowest BCUT2D eigenvalue weighted by atomic mass is 9.71. The van der Waals surface area contributed by atoms with E-state index in [9.17, 15) is 4.79 Å². The molecule has 0 aromatic carbocycles. The molecule has 1 amide bonds. The molecule has 1 saturated carbocycles. The van der Waals surface area contributed by atoms with Crippen LogP contribution in [0.2, 0.25) is 0 Å². The fourth-order valence-corrected chi connectivity index (χ4v) is 3.75. The van der Waals surface area contributed by atoms with Crippen molar-refractivity contribution in [2.75, 3.05) is 26.7 Å². The average Bonchev–Trinajstić information content (AvgIpc) is 2.48. The number of carbonyl (C=O) groups is 1. The Bertz CT molecular complexity index is 326. The second-order valence-electron chi connectivity index (χ2n) is 6.82. The number of amides is 1. The SMILES string of the molecule is COC1CN(C(=O)CC2(CN)CCCCC2)CCC1C. The normalized spacial score (nSPS) is 30.2. The van der Waals surface area contributed by atoms with E-state index in [0.29, 0.717) is 18.9 Å². The quantitative estimate of drug-likeness (QED) is 0.860. The zero-order valence-electron chi connectivity index (χ0n) is 13.1. The molecular weight excluding hydrogens is 252 g/mol. The van der Waals surface area contributed by atoms with Gasteiger partial charge in [-0.25, -0.2) is 0 Å². The molecule has 4 nitrogen and oxygen atoms in total. The molecule has 4 heteroatoms. The molecule has 20 heavy (non-hydrogen) atoms. The lowest BCUT2D eigenvalue weighted by Crippen LogP contribution is -2.48. The molecule has 0 aromatic rings. The van der Waals surface area contributed by atoms with Gasteiger partial charge in [-0.3, -0.25) is 4.79 Å². The van der Waals surface area contributed by atoms with Crippen molar-refractivity contribution in [3.8, 4) is 0 Å². The molecule has 1 aliphatic heterocycles. The van der Waals surface area contributed by atoms with Gasteiger partial charge in [-0.1, -0.05) is 26.2 Å².